The summed E-state index contributed by atoms with van der Waals surface area (Å²) >= 11 is 0. The minimum atomic E-state index is -0.712. The van der Waals surface area contributed by atoms with Crippen molar-refractivity contribution in [2.24, 2.45) is 17.6 Å². The molecule has 2 nitrogen and oxygen atoms in total. The van der Waals surface area contributed by atoms with E-state index in [9.17, 15) is 5.11 Å². The molecule has 0 heterocycles. The van der Waals surface area contributed by atoms with E-state index in [2.05, 4.69) is 0 Å². The summed E-state index contributed by atoms with van der Waals surface area (Å²) in [5, 5.41) is 10.1. The molecule has 3 saturated carbocycles. The molecule has 3 aliphatic carbocycles. The third-order valence-corrected chi connectivity index (χ3v) is 4.34. The van der Waals surface area contributed by atoms with Crippen molar-refractivity contribution in [2.45, 2.75) is 57.1 Å². The van der Waals surface area contributed by atoms with Crippen LogP contribution in [0.5, 0.6) is 0 Å². The predicted molar refractivity (Wildman–Crippen MR) is 53.3 cm³/mol. The average Bonchev–Trinajstić information content (AvgIpc) is 2.04. The number of hydrogen-bond acceptors (Lipinski definition) is 2. The van der Waals surface area contributed by atoms with Gasteiger partial charge in [-0.2, -0.15) is 0 Å². The van der Waals surface area contributed by atoms with Crippen LogP contribution < -0.4 is 5.73 Å². The highest BCUT2D eigenvalue weighted by Crippen LogP contribution is 2.50. The maximum Gasteiger partial charge on any atom is 0.0773 e. The average molecular weight is 183 g/mol. The van der Waals surface area contributed by atoms with E-state index < -0.39 is 5.60 Å². The zero-order valence-electron chi connectivity index (χ0n) is 8.71. The van der Waals surface area contributed by atoms with Crippen LogP contribution in [0.2, 0.25) is 0 Å². The van der Waals surface area contributed by atoms with Gasteiger partial charge in [-0.05, 0) is 44.9 Å². The van der Waals surface area contributed by atoms with Gasteiger partial charge in [0.15, 0.2) is 0 Å². The number of nitrogens with two attached hydrogens (primary N) is 1. The van der Waals surface area contributed by atoms with Crippen LogP contribution in [-0.4, -0.2) is 16.2 Å². The fourth-order valence-corrected chi connectivity index (χ4v) is 3.28. The van der Waals surface area contributed by atoms with Crippen molar-refractivity contribution in [3.8, 4) is 0 Å². The number of hydrogen-bond donors (Lipinski definition) is 2. The Hall–Kier alpha value is -0.0800. The van der Waals surface area contributed by atoms with Crippen molar-refractivity contribution in [2.75, 3.05) is 0 Å². The van der Waals surface area contributed by atoms with Crippen LogP contribution in [0.3, 0.4) is 0 Å². The predicted octanol–water partition coefficient (Wildman–Crippen LogP) is 1.66. The van der Waals surface area contributed by atoms with Crippen molar-refractivity contribution in [3.63, 3.8) is 0 Å². The van der Waals surface area contributed by atoms with E-state index in [1.165, 1.54) is 25.7 Å². The van der Waals surface area contributed by atoms with E-state index in [0.29, 0.717) is 5.92 Å². The molecule has 3 fully saturated rings. The van der Waals surface area contributed by atoms with Crippen LogP contribution >= 0.6 is 0 Å². The molecule has 0 aromatic rings. The van der Waals surface area contributed by atoms with Gasteiger partial charge >= 0.3 is 0 Å². The molecule has 0 saturated heterocycles. The standard InChI is InChI=1S/C11H21NO/c1-10(2,13)11(12)7-8-3-5-9(11)6-4-8/h8-9,13H,3-7,12H2,1-2H3. The van der Waals surface area contributed by atoms with Gasteiger partial charge in [0.2, 0.25) is 0 Å². The van der Waals surface area contributed by atoms with Crippen molar-refractivity contribution in [1.29, 1.82) is 0 Å². The molecule has 13 heavy (non-hydrogen) atoms. The monoisotopic (exact) mass is 183 g/mol. The highest BCUT2D eigenvalue weighted by atomic mass is 16.3. The van der Waals surface area contributed by atoms with Crippen molar-refractivity contribution in [1.82, 2.24) is 0 Å². The molecule has 1 atom stereocenters. The molecule has 2 bridgehead atoms. The van der Waals surface area contributed by atoms with E-state index in [1.807, 2.05) is 13.8 Å². The van der Waals surface area contributed by atoms with E-state index in [4.69, 9.17) is 5.73 Å². The summed E-state index contributed by atoms with van der Waals surface area (Å²) in [5.74, 6) is 1.33. The van der Waals surface area contributed by atoms with Gasteiger partial charge in [0.1, 0.15) is 0 Å². The first kappa shape index (κ1) is 9.47. The largest absolute Gasteiger partial charge is 0.389 e. The van der Waals surface area contributed by atoms with Crippen LogP contribution in [0, 0.1) is 11.8 Å². The quantitative estimate of drug-likeness (QED) is 0.649. The zero-order chi connectivity index (χ0) is 9.69. The summed E-state index contributed by atoms with van der Waals surface area (Å²) in [6.45, 7) is 3.74. The fraction of sp³-hybridized carbons (Fsp3) is 1.00. The molecule has 1 unspecified atom stereocenters. The number of fused-ring (bicyclic) bond motifs is 3. The lowest BCUT2D eigenvalue weighted by Crippen LogP contribution is -2.66. The second-order valence-electron chi connectivity index (χ2n) is 5.52. The molecule has 0 amide bonds. The molecule has 0 aliphatic heterocycles. The molecule has 2 heteroatoms. The van der Waals surface area contributed by atoms with E-state index in [-0.39, 0.29) is 5.54 Å². The van der Waals surface area contributed by atoms with Crippen LogP contribution in [0.1, 0.15) is 46.0 Å². The van der Waals surface area contributed by atoms with Crippen molar-refractivity contribution >= 4 is 0 Å². The summed E-state index contributed by atoms with van der Waals surface area (Å²) < 4.78 is 0. The Kier molecular flexibility index (Phi) is 1.97. The van der Waals surface area contributed by atoms with Gasteiger partial charge < -0.3 is 10.8 Å². The van der Waals surface area contributed by atoms with E-state index in [1.54, 1.807) is 0 Å². The molecule has 0 aromatic carbocycles. The summed E-state index contributed by atoms with van der Waals surface area (Å²) in [4.78, 5) is 0. The molecule has 3 aliphatic rings. The van der Waals surface area contributed by atoms with Crippen molar-refractivity contribution < 1.29 is 5.11 Å². The highest BCUT2D eigenvalue weighted by Gasteiger charge is 2.52. The normalized spacial score (nSPS) is 45.2. The molecular formula is C11H21NO. The summed E-state index contributed by atoms with van der Waals surface area (Å²) in [6, 6.07) is 0. The Morgan fingerprint density at radius 3 is 2.00 bits per heavy atom. The Balaban J connectivity index is 2.24. The lowest BCUT2D eigenvalue weighted by Gasteiger charge is -2.55. The van der Waals surface area contributed by atoms with Gasteiger partial charge in [0.25, 0.3) is 0 Å². The third-order valence-electron chi connectivity index (χ3n) is 4.34. The Bertz CT molecular complexity index is 201. The molecule has 3 N–H and O–H groups in total. The second-order valence-corrected chi connectivity index (χ2v) is 5.52. The van der Waals surface area contributed by atoms with E-state index >= 15 is 0 Å². The number of rotatable bonds is 1. The first-order valence-electron chi connectivity index (χ1n) is 5.45. The van der Waals surface area contributed by atoms with Gasteiger partial charge in [0.05, 0.1) is 5.60 Å². The molecule has 3 rings (SSSR count). The SMILES string of the molecule is CC(C)(O)C1(N)CC2CCC1CC2. The van der Waals surface area contributed by atoms with Crippen LogP contribution in [0.4, 0.5) is 0 Å². The van der Waals surface area contributed by atoms with Crippen LogP contribution in [-0.2, 0) is 0 Å². The first-order chi connectivity index (χ1) is 5.93. The summed E-state index contributed by atoms with van der Waals surface area (Å²) in [7, 11) is 0. The molecule has 0 aromatic heterocycles. The highest BCUT2D eigenvalue weighted by molar-refractivity contribution is 5.09. The van der Waals surface area contributed by atoms with Gasteiger partial charge in [0, 0.05) is 5.54 Å². The Labute approximate surface area is 80.5 Å². The topological polar surface area (TPSA) is 46.2 Å². The second kappa shape index (κ2) is 2.71. The summed E-state index contributed by atoms with van der Waals surface area (Å²) in [5.41, 5.74) is 5.35. The van der Waals surface area contributed by atoms with Gasteiger partial charge in [-0.15, -0.1) is 0 Å². The third kappa shape index (κ3) is 1.31. The molecule has 76 valence electrons. The molecular weight excluding hydrogens is 162 g/mol. The molecule has 0 spiro atoms. The fourth-order valence-electron chi connectivity index (χ4n) is 3.28. The lowest BCUT2D eigenvalue weighted by atomic mass is 9.56. The minimum Gasteiger partial charge on any atom is -0.389 e. The van der Waals surface area contributed by atoms with E-state index in [0.717, 1.165) is 12.3 Å². The summed E-state index contributed by atoms with van der Waals surface area (Å²) in [6.07, 6.45) is 6.15. The Morgan fingerprint density at radius 1 is 1.23 bits per heavy atom. The van der Waals surface area contributed by atoms with Crippen LogP contribution in [0.15, 0.2) is 0 Å². The smallest absolute Gasteiger partial charge is 0.0773 e. The maximum atomic E-state index is 10.1. The van der Waals surface area contributed by atoms with Crippen LogP contribution in [0.25, 0.3) is 0 Å². The Morgan fingerprint density at radius 2 is 1.77 bits per heavy atom. The van der Waals surface area contributed by atoms with Gasteiger partial charge in [-0.1, -0.05) is 12.8 Å². The van der Waals surface area contributed by atoms with Crippen molar-refractivity contribution in [3.05, 3.63) is 0 Å². The van der Waals surface area contributed by atoms with Gasteiger partial charge in [-0.3, -0.25) is 0 Å². The number of aliphatic hydroxyl groups is 1. The van der Waals surface area contributed by atoms with Gasteiger partial charge in [-0.25, -0.2) is 0 Å². The first-order valence-corrected chi connectivity index (χ1v) is 5.45. The lowest BCUT2D eigenvalue weighted by molar-refractivity contribution is -0.0831. The minimum absolute atomic E-state index is 0.311. The molecule has 0 radical (unpaired) electrons. The maximum absolute atomic E-state index is 10.1. The zero-order valence-corrected chi connectivity index (χ0v) is 8.71.